The van der Waals surface area contributed by atoms with Crippen LogP contribution in [0.1, 0.15) is 45.4 Å². The molecule has 6 heteroatoms. The number of hydrogen-bond acceptors (Lipinski definition) is 4. The van der Waals surface area contributed by atoms with Gasteiger partial charge in [-0.25, -0.2) is 4.79 Å². The molecule has 0 aliphatic heterocycles. The normalized spacial score (nSPS) is 14.5. The molecule has 0 bridgehead atoms. The van der Waals surface area contributed by atoms with Gasteiger partial charge in [-0.1, -0.05) is 13.3 Å². The monoisotopic (exact) mass is 391 g/mol. The lowest BCUT2D eigenvalue weighted by molar-refractivity contribution is 0.0456. The molecule has 0 saturated carbocycles. The van der Waals surface area contributed by atoms with Gasteiger partial charge < -0.3 is 15.2 Å². The Hall–Kier alpha value is -0.590. The first kappa shape index (κ1) is 19.5. The number of carbonyl (C=O) groups is 1. The molecule has 1 aromatic heterocycles. The molecule has 1 rings (SSSR count). The lowest BCUT2D eigenvalue weighted by Crippen LogP contribution is -2.43. The zero-order valence-electron chi connectivity index (χ0n) is 13.7. The summed E-state index contributed by atoms with van der Waals surface area (Å²) in [7, 11) is 0. The van der Waals surface area contributed by atoms with Crippen LogP contribution in [0.15, 0.2) is 15.9 Å². The molecule has 0 aliphatic rings. The standard InChI is InChI=1S/C16H26BrNO3S/c1-5-6-16(11-19,8-13-7-12(17)9-22-13)10-18-14(20)21-15(2,3)4/h7,9,19H,5-6,8,10-11H2,1-4H3,(H,18,20). The zero-order chi connectivity index (χ0) is 16.8. The lowest BCUT2D eigenvalue weighted by atomic mass is 9.80. The van der Waals surface area contributed by atoms with Crippen LogP contribution >= 0.6 is 27.3 Å². The molecule has 0 radical (unpaired) electrons. The van der Waals surface area contributed by atoms with Crippen LogP contribution in [-0.4, -0.2) is 30.0 Å². The maximum Gasteiger partial charge on any atom is 0.407 e. The van der Waals surface area contributed by atoms with Gasteiger partial charge in [0.1, 0.15) is 5.60 Å². The van der Waals surface area contributed by atoms with E-state index in [4.69, 9.17) is 4.74 Å². The first-order valence-corrected chi connectivity index (χ1v) is 9.17. The summed E-state index contributed by atoms with van der Waals surface area (Å²) in [4.78, 5) is 13.1. The van der Waals surface area contributed by atoms with Crippen molar-refractivity contribution in [2.75, 3.05) is 13.2 Å². The van der Waals surface area contributed by atoms with Crippen molar-refractivity contribution >= 4 is 33.4 Å². The Morgan fingerprint density at radius 1 is 1.45 bits per heavy atom. The number of thiophene rings is 1. The number of rotatable bonds is 7. The number of amides is 1. The third-order valence-electron chi connectivity index (χ3n) is 3.29. The third kappa shape index (κ3) is 6.67. The van der Waals surface area contributed by atoms with E-state index in [2.05, 4.69) is 34.2 Å². The predicted molar refractivity (Wildman–Crippen MR) is 94.4 cm³/mol. The van der Waals surface area contributed by atoms with E-state index in [9.17, 15) is 9.90 Å². The van der Waals surface area contributed by atoms with E-state index in [1.807, 2.05) is 26.2 Å². The first-order chi connectivity index (χ1) is 10.2. The Labute approximate surface area is 145 Å². The van der Waals surface area contributed by atoms with Crippen molar-refractivity contribution in [1.29, 1.82) is 0 Å². The number of halogens is 1. The quantitative estimate of drug-likeness (QED) is 0.725. The maximum atomic E-state index is 11.9. The SMILES string of the molecule is CCCC(CO)(CNC(=O)OC(C)(C)C)Cc1cc(Br)cs1. The summed E-state index contributed by atoms with van der Waals surface area (Å²) >= 11 is 5.11. The fraction of sp³-hybridized carbons (Fsp3) is 0.688. The van der Waals surface area contributed by atoms with E-state index in [1.54, 1.807) is 11.3 Å². The Morgan fingerprint density at radius 2 is 2.14 bits per heavy atom. The highest BCUT2D eigenvalue weighted by Gasteiger charge is 2.31. The van der Waals surface area contributed by atoms with Crippen LogP contribution in [0.4, 0.5) is 4.79 Å². The minimum absolute atomic E-state index is 0.0339. The second-order valence-corrected chi connectivity index (χ2v) is 8.58. The van der Waals surface area contributed by atoms with Gasteiger partial charge in [-0.15, -0.1) is 11.3 Å². The molecule has 0 aromatic carbocycles. The van der Waals surface area contributed by atoms with Crippen molar-refractivity contribution in [3.63, 3.8) is 0 Å². The second kappa shape index (κ2) is 8.31. The Bertz CT molecular complexity index is 484. The van der Waals surface area contributed by atoms with Crippen molar-refractivity contribution in [2.45, 2.75) is 52.6 Å². The van der Waals surface area contributed by atoms with Crippen LogP contribution in [0.5, 0.6) is 0 Å². The summed E-state index contributed by atoms with van der Waals surface area (Å²) in [5.74, 6) is 0. The number of ether oxygens (including phenoxy) is 1. The molecule has 1 heterocycles. The average Bonchev–Trinajstić information content (AvgIpc) is 2.79. The summed E-state index contributed by atoms with van der Waals surface area (Å²) in [6, 6.07) is 2.07. The molecule has 1 atom stereocenters. The highest BCUT2D eigenvalue weighted by molar-refractivity contribution is 9.10. The predicted octanol–water partition coefficient (Wildman–Crippen LogP) is 4.36. The molecular formula is C16H26BrNO3S. The van der Waals surface area contributed by atoms with Crippen LogP contribution in [0, 0.1) is 5.41 Å². The van der Waals surface area contributed by atoms with Gasteiger partial charge in [0.2, 0.25) is 0 Å². The average molecular weight is 392 g/mol. The molecule has 0 spiro atoms. The van der Waals surface area contributed by atoms with E-state index >= 15 is 0 Å². The summed E-state index contributed by atoms with van der Waals surface area (Å²) in [6.45, 7) is 8.03. The van der Waals surface area contributed by atoms with Crippen LogP contribution < -0.4 is 5.32 Å². The van der Waals surface area contributed by atoms with Crippen molar-refractivity contribution < 1.29 is 14.6 Å². The Morgan fingerprint density at radius 3 is 2.59 bits per heavy atom. The van der Waals surface area contributed by atoms with Crippen LogP contribution in [0.3, 0.4) is 0 Å². The molecular weight excluding hydrogens is 366 g/mol. The van der Waals surface area contributed by atoms with E-state index in [1.165, 1.54) is 4.88 Å². The topological polar surface area (TPSA) is 58.6 Å². The van der Waals surface area contributed by atoms with Crippen LogP contribution in [-0.2, 0) is 11.2 Å². The summed E-state index contributed by atoms with van der Waals surface area (Å²) in [5.41, 5.74) is -0.870. The smallest absolute Gasteiger partial charge is 0.407 e. The number of hydrogen-bond donors (Lipinski definition) is 2. The fourth-order valence-corrected chi connectivity index (χ4v) is 3.98. The molecule has 2 N–H and O–H groups in total. The molecule has 1 amide bonds. The summed E-state index contributed by atoms with van der Waals surface area (Å²) < 4.78 is 6.33. The first-order valence-electron chi connectivity index (χ1n) is 7.50. The Balaban J connectivity index is 2.72. The molecule has 0 aliphatic carbocycles. The molecule has 0 saturated heterocycles. The highest BCUT2D eigenvalue weighted by atomic mass is 79.9. The molecule has 22 heavy (non-hydrogen) atoms. The zero-order valence-corrected chi connectivity index (χ0v) is 16.1. The van der Waals surface area contributed by atoms with Crippen molar-refractivity contribution in [3.05, 3.63) is 20.8 Å². The summed E-state index contributed by atoms with van der Waals surface area (Å²) in [6.07, 6.45) is 2.09. The molecule has 1 unspecified atom stereocenters. The minimum atomic E-state index is -0.519. The van der Waals surface area contributed by atoms with Crippen LogP contribution in [0.2, 0.25) is 0 Å². The largest absolute Gasteiger partial charge is 0.444 e. The van der Waals surface area contributed by atoms with E-state index in [0.29, 0.717) is 6.54 Å². The summed E-state index contributed by atoms with van der Waals surface area (Å²) in [5, 5.41) is 14.8. The molecule has 0 fully saturated rings. The number of aliphatic hydroxyl groups excluding tert-OH is 1. The van der Waals surface area contributed by atoms with Gasteiger partial charge in [0.05, 0.1) is 6.61 Å². The number of carbonyl (C=O) groups excluding carboxylic acids is 1. The molecule has 126 valence electrons. The maximum absolute atomic E-state index is 11.9. The fourth-order valence-electron chi connectivity index (χ4n) is 2.35. The lowest BCUT2D eigenvalue weighted by Gasteiger charge is -2.32. The minimum Gasteiger partial charge on any atom is -0.444 e. The second-order valence-electron chi connectivity index (χ2n) is 6.67. The van der Waals surface area contributed by atoms with Gasteiger partial charge in [0.15, 0.2) is 0 Å². The third-order valence-corrected chi connectivity index (χ3v) is 4.99. The van der Waals surface area contributed by atoms with Gasteiger partial charge in [-0.05, 0) is 55.6 Å². The van der Waals surface area contributed by atoms with Gasteiger partial charge in [0, 0.05) is 26.7 Å². The highest BCUT2D eigenvalue weighted by Crippen LogP contribution is 2.32. The van der Waals surface area contributed by atoms with Crippen molar-refractivity contribution in [1.82, 2.24) is 5.32 Å². The van der Waals surface area contributed by atoms with Gasteiger partial charge in [-0.3, -0.25) is 0 Å². The molecule has 1 aromatic rings. The van der Waals surface area contributed by atoms with Crippen molar-refractivity contribution in [2.24, 2.45) is 5.41 Å². The number of alkyl carbamates (subject to hydrolysis) is 1. The number of aliphatic hydroxyl groups is 1. The van der Waals surface area contributed by atoms with E-state index in [-0.39, 0.29) is 12.0 Å². The van der Waals surface area contributed by atoms with Gasteiger partial charge in [-0.2, -0.15) is 0 Å². The van der Waals surface area contributed by atoms with Crippen molar-refractivity contribution in [3.8, 4) is 0 Å². The number of nitrogens with one attached hydrogen (secondary N) is 1. The van der Waals surface area contributed by atoms with Gasteiger partial charge in [0.25, 0.3) is 0 Å². The van der Waals surface area contributed by atoms with Crippen LogP contribution in [0.25, 0.3) is 0 Å². The van der Waals surface area contributed by atoms with E-state index in [0.717, 1.165) is 23.7 Å². The Kier molecular flexibility index (Phi) is 7.35. The van der Waals surface area contributed by atoms with Gasteiger partial charge >= 0.3 is 6.09 Å². The van der Waals surface area contributed by atoms with E-state index < -0.39 is 11.7 Å². The molecule has 4 nitrogen and oxygen atoms in total.